The van der Waals surface area contributed by atoms with Gasteiger partial charge in [-0.05, 0) is 36.6 Å². The molecule has 1 aromatic carbocycles. The number of aromatic amines is 1. The molecule has 7 heteroatoms. The first kappa shape index (κ1) is 17.7. The molecule has 1 atom stereocenters. The number of aliphatic imine (C=N–C) groups is 1. The van der Waals surface area contributed by atoms with Crippen LogP contribution in [0, 0.1) is 0 Å². The fraction of sp³-hybridized carbons (Fsp3) is 0.316. The molecule has 2 heterocycles. The summed E-state index contributed by atoms with van der Waals surface area (Å²) < 4.78 is 5.30. The maximum absolute atomic E-state index is 5.30. The average molecular weight is 352 g/mol. The van der Waals surface area contributed by atoms with E-state index in [0.29, 0.717) is 29.9 Å². The Kier molecular flexibility index (Phi) is 5.68. The smallest absolute Gasteiger partial charge is 0.216 e. The van der Waals surface area contributed by atoms with Crippen LogP contribution in [0.15, 0.2) is 52.1 Å². The lowest BCUT2D eigenvalue weighted by Crippen LogP contribution is -2.38. The van der Waals surface area contributed by atoms with E-state index in [1.165, 1.54) is 11.1 Å². The third-order valence-corrected chi connectivity index (χ3v) is 4.16. The van der Waals surface area contributed by atoms with Crippen LogP contribution in [0.1, 0.15) is 36.8 Å². The molecule has 26 heavy (non-hydrogen) atoms. The van der Waals surface area contributed by atoms with Crippen molar-refractivity contribution in [2.24, 2.45) is 4.99 Å². The lowest BCUT2D eigenvalue weighted by Gasteiger charge is -2.18. The lowest BCUT2D eigenvalue weighted by atomic mass is 10.1. The van der Waals surface area contributed by atoms with Crippen molar-refractivity contribution in [1.29, 1.82) is 0 Å². The molecular formula is C19H24N6O. The molecule has 0 radical (unpaired) electrons. The quantitative estimate of drug-likeness (QED) is 0.468. The second-order valence-corrected chi connectivity index (χ2v) is 5.97. The highest BCUT2D eigenvalue weighted by atomic mass is 16.3. The topological polar surface area (TPSA) is 91.1 Å². The molecule has 0 saturated heterocycles. The van der Waals surface area contributed by atoms with Gasteiger partial charge in [0.15, 0.2) is 11.7 Å². The molecule has 2 aromatic heterocycles. The Morgan fingerprint density at radius 1 is 1.27 bits per heavy atom. The van der Waals surface area contributed by atoms with Crippen molar-refractivity contribution in [2.45, 2.75) is 32.9 Å². The van der Waals surface area contributed by atoms with Crippen LogP contribution in [-0.2, 0) is 13.0 Å². The highest BCUT2D eigenvalue weighted by Crippen LogP contribution is 2.15. The van der Waals surface area contributed by atoms with Gasteiger partial charge in [-0.1, -0.05) is 31.2 Å². The number of hydrogen-bond acceptors (Lipinski definition) is 4. The Labute approximate surface area is 153 Å². The van der Waals surface area contributed by atoms with E-state index in [1.54, 1.807) is 13.3 Å². The normalized spacial score (nSPS) is 12.8. The minimum absolute atomic E-state index is 0.139. The molecular weight excluding hydrogens is 328 g/mol. The highest BCUT2D eigenvalue weighted by molar-refractivity contribution is 5.80. The summed E-state index contributed by atoms with van der Waals surface area (Å²) in [7, 11) is 1.75. The van der Waals surface area contributed by atoms with Crippen LogP contribution in [0.2, 0.25) is 0 Å². The number of furan rings is 1. The number of rotatable bonds is 6. The maximum Gasteiger partial charge on any atom is 0.216 e. The van der Waals surface area contributed by atoms with Gasteiger partial charge in [-0.25, -0.2) is 4.98 Å². The van der Waals surface area contributed by atoms with Gasteiger partial charge in [-0.3, -0.25) is 10.1 Å². The van der Waals surface area contributed by atoms with E-state index in [-0.39, 0.29) is 6.04 Å². The van der Waals surface area contributed by atoms with Crippen LogP contribution < -0.4 is 10.6 Å². The molecule has 0 amide bonds. The molecule has 0 fully saturated rings. The van der Waals surface area contributed by atoms with E-state index < -0.39 is 0 Å². The van der Waals surface area contributed by atoms with Crippen LogP contribution >= 0.6 is 0 Å². The first-order valence-electron chi connectivity index (χ1n) is 8.70. The van der Waals surface area contributed by atoms with Crippen molar-refractivity contribution < 1.29 is 4.42 Å². The van der Waals surface area contributed by atoms with Crippen LogP contribution in [0.5, 0.6) is 0 Å². The molecule has 1 unspecified atom stereocenters. The summed E-state index contributed by atoms with van der Waals surface area (Å²) in [6.45, 7) is 4.75. The first-order valence-corrected chi connectivity index (χ1v) is 8.70. The zero-order valence-electron chi connectivity index (χ0n) is 15.3. The summed E-state index contributed by atoms with van der Waals surface area (Å²) >= 11 is 0. The van der Waals surface area contributed by atoms with Gasteiger partial charge in [0.05, 0.1) is 18.8 Å². The molecule has 3 rings (SSSR count). The van der Waals surface area contributed by atoms with Crippen molar-refractivity contribution in [1.82, 2.24) is 25.8 Å². The molecule has 3 N–H and O–H groups in total. The van der Waals surface area contributed by atoms with Crippen LogP contribution in [0.4, 0.5) is 0 Å². The Morgan fingerprint density at radius 2 is 2.08 bits per heavy atom. The second kappa shape index (κ2) is 8.33. The number of hydrogen-bond donors (Lipinski definition) is 3. The number of H-pyrrole nitrogens is 1. The molecule has 0 aliphatic rings. The summed E-state index contributed by atoms with van der Waals surface area (Å²) in [5.74, 6) is 2.59. The average Bonchev–Trinajstić information content (AvgIpc) is 3.36. The van der Waals surface area contributed by atoms with Crippen molar-refractivity contribution in [2.75, 3.05) is 7.05 Å². The molecule has 0 saturated carbocycles. The lowest BCUT2D eigenvalue weighted by molar-refractivity contribution is 0.577. The monoisotopic (exact) mass is 352 g/mol. The minimum atomic E-state index is 0.139. The predicted molar refractivity (Wildman–Crippen MR) is 102 cm³/mol. The fourth-order valence-corrected chi connectivity index (χ4v) is 2.58. The molecule has 0 spiro atoms. The van der Waals surface area contributed by atoms with E-state index in [1.807, 2.05) is 12.1 Å². The van der Waals surface area contributed by atoms with Crippen molar-refractivity contribution in [3.63, 3.8) is 0 Å². The van der Waals surface area contributed by atoms with E-state index >= 15 is 0 Å². The largest absolute Gasteiger partial charge is 0.461 e. The Morgan fingerprint density at radius 3 is 2.73 bits per heavy atom. The van der Waals surface area contributed by atoms with Gasteiger partial charge < -0.3 is 15.1 Å². The third-order valence-electron chi connectivity index (χ3n) is 4.16. The minimum Gasteiger partial charge on any atom is -0.461 e. The van der Waals surface area contributed by atoms with Crippen LogP contribution in [0.3, 0.4) is 0 Å². The predicted octanol–water partition coefficient (Wildman–Crippen LogP) is 3.05. The van der Waals surface area contributed by atoms with Gasteiger partial charge in [-0.15, -0.1) is 5.10 Å². The Hall–Kier alpha value is -3.09. The number of nitrogens with zero attached hydrogens (tertiary/aromatic N) is 3. The van der Waals surface area contributed by atoms with Crippen LogP contribution in [-0.4, -0.2) is 28.2 Å². The summed E-state index contributed by atoms with van der Waals surface area (Å²) in [5.41, 5.74) is 2.55. The summed E-state index contributed by atoms with van der Waals surface area (Å²) in [6.07, 6.45) is 2.65. The van der Waals surface area contributed by atoms with Crippen molar-refractivity contribution in [3.8, 4) is 11.6 Å². The fourth-order valence-electron chi connectivity index (χ4n) is 2.58. The number of nitrogens with one attached hydrogen (secondary N) is 3. The third kappa shape index (κ3) is 4.30. The molecule has 0 bridgehead atoms. The molecule has 0 aliphatic carbocycles. The first-order chi connectivity index (χ1) is 12.7. The van der Waals surface area contributed by atoms with E-state index in [9.17, 15) is 0 Å². The molecule has 0 aliphatic heterocycles. The van der Waals surface area contributed by atoms with Gasteiger partial charge in [0.1, 0.15) is 5.82 Å². The summed E-state index contributed by atoms with van der Waals surface area (Å²) in [4.78, 5) is 8.68. The van der Waals surface area contributed by atoms with Crippen molar-refractivity contribution in [3.05, 3.63) is 59.6 Å². The van der Waals surface area contributed by atoms with E-state index in [2.05, 4.69) is 68.9 Å². The molecule has 7 nitrogen and oxygen atoms in total. The van der Waals surface area contributed by atoms with Crippen molar-refractivity contribution >= 4 is 5.96 Å². The number of guanidine groups is 1. The highest BCUT2D eigenvalue weighted by Gasteiger charge is 2.10. The maximum atomic E-state index is 5.30. The van der Waals surface area contributed by atoms with Crippen LogP contribution in [0.25, 0.3) is 11.6 Å². The van der Waals surface area contributed by atoms with E-state index in [4.69, 9.17) is 4.42 Å². The van der Waals surface area contributed by atoms with E-state index in [0.717, 1.165) is 6.42 Å². The SMILES string of the molecule is CCc1ccc(C(C)NC(=NC)NCc2nc(-c3ccco3)n[nH]2)cc1. The molecule has 3 aromatic rings. The summed E-state index contributed by atoms with van der Waals surface area (Å²) in [5, 5.41) is 13.7. The number of benzene rings is 1. The van der Waals surface area contributed by atoms with Gasteiger partial charge >= 0.3 is 0 Å². The van der Waals surface area contributed by atoms with Gasteiger partial charge in [-0.2, -0.15) is 0 Å². The second-order valence-electron chi connectivity index (χ2n) is 5.97. The summed E-state index contributed by atoms with van der Waals surface area (Å²) in [6, 6.07) is 12.4. The van der Waals surface area contributed by atoms with Gasteiger partial charge in [0, 0.05) is 7.05 Å². The Bertz CT molecular complexity index is 835. The molecule has 136 valence electrons. The Balaban J connectivity index is 1.56. The standard InChI is InChI=1S/C19H24N6O/c1-4-14-7-9-15(10-8-14)13(2)22-19(20-3)21-12-17-23-18(25-24-17)16-6-5-11-26-16/h5-11,13H,4,12H2,1-3H3,(H2,20,21,22)(H,23,24,25). The zero-order chi connectivity index (χ0) is 18.4. The van der Waals surface area contributed by atoms with Gasteiger partial charge in [0.25, 0.3) is 0 Å². The zero-order valence-corrected chi connectivity index (χ0v) is 15.3. The van der Waals surface area contributed by atoms with Gasteiger partial charge in [0.2, 0.25) is 5.82 Å². The number of aromatic nitrogens is 3. The number of aryl methyl sites for hydroxylation is 1.